The van der Waals surface area contributed by atoms with Crippen LogP contribution in [0, 0.1) is 5.92 Å². The molecule has 3 N–H and O–H groups in total. The highest BCUT2D eigenvalue weighted by Crippen LogP contribution is 2.12. The second-order valence-electron chi connectivity index (χ2n) is 5.23. The molecule has 92 valence electrons. The maximum Gasteiger partial charge on any atom is 0.0609 e. The second-order valence-corrected chi connectivity index (χ2v) is 5.23. The molecule has 0 bridgehead atoms. The minimum absolute atomic E-state index is 0.00664. The van der Waals surface area contributed by atoms with Crippen LogP contribution in [0.25, 0.3) is 0 Å². The molecule has 0 radical (unpaired) electrons. The topological polar surface area (TPSA) is 55.5 Å². The molecule has 0 saturated carbocycles. The summed E-state index contributed by atoms with van der Waals surface area (Å²) >= 11 is 0. The van der Waals surface area contributed by atoms with Crippen molar-refractivity contribution in [2.75, 3.05) is 13.2 Å². The number of hydrogen-bond acceptors (Lipinski definition) is 3. The van der Waals surface area contributed by atoms with Crippen molar-refractivity contribution in [3.05, 3.63) is 0 Å². The Morgan fingerprint density at radius 1 is 1.33 bits per heavy atom. The average molecular weight is 217 g/mol. The van der Waals surface area contributed by atoms with Crippen molar-refractivity contribution >= 4 is 0 Å². The summed E-state index contributed by atoms with van der Waals surface area (Å²) in [7, 11) is 0. The summed E-state index contributed by atoms with van der Waals surface area (Å²) in [6, 6.07) is 0. The van der Waals surface area contributed by atoms with Gasteiger partial charge in [0, 0.05) is 12.1 Å². The minimum atomic E-state index is -0.516. The van der Waals surface area contributed by atoms with Crippen molar-refractivity contribution in [3.63, 3.8) is 0 Å². The van der Waals surface area contributed by atoms with Crippen molar-refractivity contribution in [1.29, 1.82) is 0 Å². The Labute approximate surface area is 94.0 Å². The average Bonchev–Trinajstić information content (AvgIpc) is 2.11. The third kappa shape index (κ3) is 8.85. The Balaban J connectivity index is 3.53. The molecular weight excluding hydrogens is 190 g/mol. The number of rotatable bonds is 8. The van der Waals surface area contributed by atoms with E-state index >= 15 is 0 Å². The number of aliphatic hydroxyl groups is 1. The first-order chi connectivity index (χ1) is 6.87. The van der Waals surface area contributed by atoms with E-state index in [1.54, 1.807) is 0 Å². The van der Waals surface area contributed by atoms with Gasteiger partial charge >= 0.3 is 0 Å². The predicted molar refractivity (Wildman–Crippen MR) is 63.8 cm³/mol. The fourth-order valence-corrected chi connectivity index (χ4v) is 1.56. The zero-order valence-corrected chi connectivity index (χ0v) is 10.6. The molecule has 3 nitrogen and oxygen atoms in total. The maximum absolute atomic E-state index is 9.01. The number of hydrogen-bond donors (Lipinski definition) is 2. The van der Waals surface area contributed by atoms with Gasteiger partial charge in [0.15, 0.2) is 0 Å². The lowest BCUT2D eigenvalue weighted by Gasteiger charge is -2.25. The van der Waals surface area contributed by atoms with Crippen LogP contribution in [0.4, 0.5) is 0 Å². The molecule has 0 aliphatic carbocycles. The summed E-state index contributed by atoms with van der Waals surface area (Å²) in [6.07, 6.45) is 3.12. The first kappa shape index (κ1) is 14.9. The molecule has 0 fully saturated rings. The summed E-state index contributed by atoms with van der Waals surface area (Å²) in [5.41, 5.74) is 5.32. The van der Waals surface area contributed by atoms with Crippen LogP contribution >= 0.6 is 0 Å². The van der Waals surface area contributed by atoms with E-state index in [1.165, 1.54) is 6.42 Å². The lowest BCUT2D eigenvalue weighted by molar-refractivity contribution is 0.0335. The van der Waals surface area contributed by atoms with Gasteiger partial charge in [-0.25, -0.2) is 0 Å². The van der Waals surface area contributed by atoms with Crippen LogP contribution in [0.15, 0.2) is 0 Å². The maximum atomic E-state index is 9.01. The summed E-state index contributed by atoms with van der Waals surface area (Å²) in [5, 5.41) is 9.01. The molecule has 0 spiro atoms. The Morgan fingerprint density at radius 3 is 2.40 bits per heavy atom. The van der Waals surface area contributed by atoms with E-state index in [0.717, 1.165) is 18.9 Å². The Hall–Kier alpha value is -0.120. The molecule has 0 aromatic heterocycles. The van der Waals surface area contributed by atoms with Crippen LogP contribution in [-0.4, -0.2) is 30.0 Å². The molecule has 0 amide bonds. The van der Waals surface area contributed by atoms with Crippen LogP contribution < -0.4 is 5.73 Å². The molecule has 2 unspecified atom stereocenters. The molecule has 2 atom stereocenters. The van der Waals surface area contributed by atoms with Crippen LogP contribution in [0.2, 0.25) is 0 Å². The molecule has 0 aliphatic rings. The molecule has 0 saturated heterocycles. The van der Waals surface area contributed by atoms with Crippen molar-refractivity contribution in [2.45, 2.75) is 58.6 Å². The summed E-state index contributed by atoms with van der Waals surface area (Å²) in [4.78, 5) is 0. The number of nitrogens with two attached hydrogens (primary N) is 1. The minimum Gasteiger partial charge on any atom is -0.394 e. The SMILES string of the molecule is CC(C)CCCOC(C)CC(C)(N)CO. The number of aliphatic hydroxyl groups excluding tert-OH is 1. The molecular formula is C12H27NO2. The van der Waals surface area contributed by atoms with Gasteiger partial charge in [-0.1, -0.05) is 13.8 Å². The van der Waals surface area contributed by atoms with Gasteiger partial charge in [-0.05, 0) is 39.0 Å². The van der Waals surface area contributed by atoms with Crippen molar-refractivity contribution in [2.24, 2.45) is 11.7 Å². The van der Waals surface area contributed by atoms with Crippen LogP contribution in [0.3, 0.4) is 0 Å². The molecule has 0 heterocycles. The fraction of sp³-hybridized carbons (Fsp3) is 1.00. The third-order valence-corrected chi connectivity index (χ3v) is 2.44. The van der Waals surface area contributed by atoms with E-state index in [-0.39, 0.29) is 12.7 Å². The van der Waals surface area contributed by atoms with Crippen LogP contribution in [0.5, 0.6) is 0 Å². The van der Waals surface area contributed by atoms with E-state index in [1.807, 2.05) is 13.8 Å². The zero-order valence-electron chi connectivity index (χ0n) is 10.6. The van der Waals surface area contributed by atoms with E-state index in [4.69, 9.17) is 15.6 Å². The lowest BCUT2D eigenvalue weighted by Crippen LogP contribution is -2.43. The van der Waals surface area contributed by atoms with Gasteiger partial charge < -0.3 is 15.6 Å². The Kier molecular flexibility index (Phi) is 7.14. The van der Waals surface area contributed by atoms with Crippen LogP contribution in [0.1, 0.15) is 47.0 Å². The normalized spacial score (nSPS) is 17.8. The van der Waals surface area contributed by atoms with Crippen LogP contribution in [-0.2, 0) is 4.74 Å². The summed E-state index contributed by atoms with van der Waals surface area (Å²) < 4.78 is 5.64. The van der Waals surface area contributed by atoms with Gasteiger partial charge in [0.05, 0.1) is 12.7 Å². The van der Waals surface area contributed by atoms with Crippen molar-refractivity contribution < 1.29 is 9.84 Å². The largest absolute Gasteiger partial charge is 0.394 e. The van der Waals surface area contributed by atoms with Gasteiger partial charge in [0.25, 0.3) is 0 Å². The van der Waals surface area contributed by atoms with E-state index in [2.05, 4.69) is 13.8 Å². The second kappa shape index (κ2) is 7.20. The van der Waals surface area contributed by atoms with Gasteiger partial charge in [-0.2, -0.15) is 0 Å². The quantitative estimate of drug-likeness (QED) is 0.611. The Morgan fingerprint density at radius 2 is 1.93 bits per heavy atom. The van der Waals surface area contributed by atoms with Gasteiger partial charge in [0.1, 0.15) is 0 Å². The highest BCUT2D eigenvalue weighted by atomic mass is 16.5. The van der Waals surface area contributed by atoms with E-state index < -0.39 is 5.54 Å². The third-order valence-electron chi connectivity index (χ3n) is 2.44. The molecule has 0 aromatic carbocycles. The van der Waals surface area contributed by atoms with Crippen molar-refractivity contribution in [1.82, 2.24) is 0 Å². The first-order valence-corrected chi connectivity index (χ1v) is 5.88. The smallest absolute Gasteiger partial charge is 0.0609 e. The van der Waals surface area contributed by atoms with E-state index in [0.29, 0.717) is 6.42 Å². The van der Waals surface area contributed by atoms with Gasteiger partial charge in [-0.3, -0.25) is 0 Å². The lowest BCUT2D eigenvalue weighted by atomic mass is 9.97. The van der Waals surface area contributed by atoms with Gasteiger partial charge in [0.2, 0.25) is 0 Å². The monoisotopic (exact) mass is 217 g/mol. The summed E-state index contributed by atoms with van der Waals surface area (Å²) in [6.45, 7) is 9.09. The zero-order chi connectivity index (χ0) is 11.9. The fourth-order valence-electron chi connectivity index (χ4n) is 1.56. The molecule has 3 heteroatoms. The molecule has 0 rings (SSSR count). The molecule has 0 aliphatic heterocycles. The highest BCUT2D eigenvalue weighted by molar-refractivity contribution is 4.79. The predicted octanol–water partition coefficient (Wildman–Crippen LogP) is 1.93. The molecule has 15 heavy (non-hydrogen) atoms. The first-order valence-electron chi connectivity index (χ1n) is 5.88. The van der Waals surface area contributed by atoms with Crippen molar-refractivity contribution in [3.8, 4) is 0 Å². The number of ether oxygens (including phenoxy) is 1. The molecule has 0 aromatic rings. The van der Waals surface area contributed by atoms with E-state index in [9.17, 15) is 0 Å². The highest BCUT2D eigenvalue weighted by Gasteiger charge is 2.20. The summed E-state index contributed by atoms with van der Waals surface area (Å²) in [5.74, 6) is 0.737. The standard InChI is InChI=1S/C12H27NO2/c1-10(2)6-5-7-15-11(3)8-12(4,13)9-14/h10-11,14H,5-9,13H2,1-4H3. The van der Waals surface area contributed by atoms with Gasteiger partial charge in [-0.15, -0.1) is 0 Å². The Bertz CT molecular complexity index is 158.